The van der Waals surface area contributed by atoms with E-state index >= 15 is 0 Å². The first-order valence-corrected chi connectivity index (χ1v) is 18.4. The summed E-state index contributed by atoms with van der Waals surface area (Å²) in [5.41, 5.74) is 12.9. The Morgan fingerprint density at radius 1 is 0.667 bits per heavy atom. The Bertz CT molecular complexity index is 2600. The number of fused-ring (bicyclic) bond motifs is 9. The highest BCUT2D eigenvalue weighted by atomic mass is 15.2. The van der Waals surface area contributed by atoms with E-state index < -0.39 is 0 Å². The lowest BCUT2D eigenvalue weighted by Crippen LogP contribution is -2.47. The number of nitrogens with zero attached hydrogens (tertiary/aromatic N) is 4. The molecule has 0 unspecified atom stereocenters. The van der Waals surface area contributed by atoms with Gasteiger partial charge in [0, 0.05) is 32.9 Å². The topological polar surface area (TPSA) is 17.1 Å². The van der Waals surface area contributed by atoms with Crippen LogP contribution in [0.15, 0.2) is 134 Å². The van der Waals surface area contributed by atoms with Gasteiger partial charge in [-0.25, -0.2) is 9.13 Å². The second-order valence-electron chi connectivity index (χ2n) is 15.6. The maximum Gasteiger partial charge on any atom is 0.295 e. The predicted molar refractivity (Wildman–Crippen MR) is 210 cm³/mol. The molecular weight excluding hydrogens is 621 g/mol. The van der Waals surface area contributed by atoms with Crippen LogP contribution in [0.4, 0.5) is 0 Å². The second-order valence-corrected chi connectivity index (χ2v) is 15.6. The van der Waals surface area contributed by atoms with Crippen molar-refractivity contribution in [3.8, 4) is 28.2 Å². The first-order valence-electron chi connectivity index (χ1n) is 18.4. The van der Waals surface area contributed by atoms with Crippen molar-refractivity contribution >= 4 is 27.3 Å². The molecule has 4 heteroatoms. The van der Waals surface area contributed by atoms with Crippen LogP contribution in [0.2, 0.25) is 0 Å². The quantitative estimate of drug-likeness (QED) is 0.124. The van der Waals surface area contributed by atoms with Gasteiger partial charge in [-0.05, 0) is 52.8 Å². The van der Waals surface area contributed by atoms with E-state index in [1.165, 1.54) is 77.8 Å². The zero-order valence-electron chi connectivity index (χ0n) is 30.7. The summed E-state index contributed by atoms with van der Waals surface area (Å²) in [5, 5.41) is 3.90. The minimum absolute atomic E-state index is 0.0935. The summed E-state index contributed by atoms with van der Waals surface area (Å²) in [6, 6.07) is 40.7. The van der Waals surface area contributed by atoms with Crippen molar-refractivity contribution in [1.29, 1.82) is 0 Å². The summed E-state index contributed by atoms with van der Waals surface area (Å²) in [6.07, 6.45) is 9.06. The first kappa shape index (κ1) is 31.5. The van der Waals surface area contributed by atoms with Crippen molar-refractivity contribution in [2.24, 2.45) is 7.05 Å². The summed E-state index contributed by atoms with van der Waals surface area (Å²) in [4.78, 5) is 0. The maximum absolute atomic E-state index is 2.57. The number of benzene rings is 5. The molecule has 252 valence electrons. The molecule has 9 rings (SSSR count). The van der Waals surface area contributed by atoms with Gasteiger partial charge in [0.25, 0.3) is 11.5 Å². The van der Waals surface area contributed by atoms with E-state index in [9.17, 15) is 0 Å². The highest BCUT2D eigenvalue weighted by Gasteiger charge is 2.48. The van der Waals surface area contributed by atoms with Crippen LogP contribution in [0.3, 0.4) is 0 Å². The highest BCUT2D eigenvalue weighted by molar-refractivity contribution is 6.12. The maximum atomic E-state index is 2.57. The van der Waals surface area contributed by atoms with Crippen molar-refractivity contribution in [3.63, 3.8) is 0 Å². The van der Waals surface area contributed by atoms with E-state index in [2.05, 4.69) is 201 Å². The van der Waals surface area contributed by atoms with Crippen LogP contribution < -0.4 is 9.13 Å². The molecule has 0 fully saturated rings. The predicted octanol–water partition coefficient (Wildman–Crippen LogP) is 10.6. The highest BCUT2D eigenvalue weighted by Crippen LogP contribution is 2.48. The molecule has 0 bridgehead atoms. The molecule has 0 saturated heterocycles. The number of aromatic nitrogens is 4. The fourth-order valence-electron chi connectivity index (χ4n) is 9.11. The average Bonchev–Trinajstić information content (AvgIpc) is 3.84. The molecule has 1 aliphatic rings. The molecule has 0 N–H and O–H groups in total. The molecule has 0 spiro atoms. The molecule has 4 nitrogen and oxygen atoms in total. The van der Waals surface area contributed by atoms with Gasteiger partial charge in [-0.1, -0.05) is 126 Å². The summed E-state index contributed by atoms with van der Waals surface area (Å²) in [6.45, 7) is 14.2. The molecular formula is C47H46N4+2. The normalized spacial score (nSPS) is 14.3. The lowest BCUT2D eigenvalue weighted by atomic mass is 9.73. The van der Waals surface area contributed by atoms with Crippen LogP contribution in [0.25, 0.3) is 55.5 Å². The Morgan fingerprint density at radius 3 is 2.08 bits per heavy atom. The van der Waals surface area contributed by atoms with Gasteiger partial charge in [0.1, 0.15) is 42.0 Å². The van der Waals surface area contributed by atoms with Gasteiger partial charge in [0.2, 0.25) is 0 Å². The zero-order chi connectivity index (χ0) is 35.2. The Morgan fingerprint density at radius 2 is 1.33 bits per heavy atom. The fourth-order valence-corrected chi connectivity index (χ4v) is 9.11. The number of rotatable bonds is 6. The number of aryl methyl sites for hydroxylation is 1. The largest absolute Gasteiger partial charge is 0.295 e. The molecule has 0 aliphatic carbocycles. The third kappa shape index (κ3) is 4.58. The van der Waals surface area contributed by atoms with Gasteiger partial charge in [-0.3, -0.25) is 0 Å². The van der Waals surface area contributed by atoms with E-state index in [-0.39, 0.29) is 11.5 Å². The minimum Gasteiger partial charge on any atom is -0.232 e. The van der Waals surface area contributed by atoms with Gasteiger partial charge in [0.15, 0.2) is 0 Å². The van der Waals surface area contributed by atoms with Gasteiger partial charge in [-0.2, -0.15) is 8.97 Å². The molecule has 1 aliphatic heterocycles. The molecule has 4 heterocycles. The third-order valence-corrected chi connectivity index (χ3v) is 11.5. The van der Waals surface area contributed by atoms with Crippen molar-refractivity contribution in [2.45, 2.75) is 64.8 Å². The van der Waals surface area contributed by atoms with Gasteiger partial charge >= 0.3 is 0 Å². The van der Waals surface area contributed by atoms with E-state index in [1.54, 1.807) is 0 Å². The molecule has 0 radical (unpaired) electrons. The van der Waals surface area contributed by atoms with Crippen molar-refractivity contribution < 1.29 is 9.13 Å². The Balaban J connectivity index is 1.30. The summed E-state index contributed by atoms with van der Waals surface area (Å²) in [5.74, 6) is 1.96. The number of para-hydroxylation sites is 1. The van der Waals surface area contributed by atoms with Crippen LogP contribution in [-0.4, -0.2) is 8.97 Å². The lowest BCUT2D eigenvalue weighted by molar-refractivity contribution is -0.705. The van der Waals surface area contributed by atoms with Crippen molar-refractivity contribution in [1.82, 2.24) is 8.97 Å². The fraction of sp³-hybridized carbons (Fsp3) is 0.234. The van der Waals surface area contributed by atoms with Crippen LogP contribution in [-0.2, 0) is 12.5 Å². The molecule has 51 heavy (non-hydrogen) atoms. The molecule has 3 aromatic heterocycles. The van der Waals surface area contributed by atoms with Gasteiger partial charge in [-0.15, -0.1) is 0 Å². The van der Waals surface area contributed by atoms with Crippen LogP contribution in [0.1, 0.15) is 81.7 Å². The summed E-state index contributed by atoms with van der Waals surface area (Å²) >= 11 is 0. The third-order valence-electron chi connectivity index (χ3n) is 11.5. The second kappa shape index (κ2) is 11.5. The molecule has 5 aromatic carbocycles. The van der Waals surface area contributed by atoms with E-state index in [0.717, 1.165) is 0 Å². The Hall–Kier alpha value is -5.48. The number of pyridine rings is 1. The van der Waals surface area contributed by atoms with Crippen LogP contribution in [0, 0.1) is 0 Å². The monoisotopic (exact) mass is 666 g/mol. The van der Waals surface area contributed by atoms with E-state index in [0.29, 0.717) is 11.8 Å². The number of imidazole rings is 2. The van der Waals surface area contributed by atoms with Gasteiger partial charge in [0.05, 0.1) is 18.0 Å². The summed E-state index contributed by atoms with van der Waals surface area (Å²) < 4.78 is 9.73. The zero-order valence-corrected chi connectivity index (χ0v) is 30.7. The molecule has 1 atom stereocenters. The minimum atomic E-state index is -0.267. The molecule has 8 aromatic rings. The first-order chi connectivity index (χ1) is 24.7. The molecule has 0 saturated carbocycles. The standard InChI is InChI=1S/C47H46N4/c1-30(2)38-28-33(32-16-9-8-10-17-32)29-39(31(3)4)43(38)50-26-27-51-44(36-19-11-12-20-37(36)45(50)51)47(5,6)40-22-15-21-35-34-18-13-14-23-41(34)49-25-24-48(7)46(49)42(35)40/h8-31,44H,1-7H3/q+2/t44-/m0/s1. The van der Waals surface area contributed by atoms with Gasteiger partial charge < -0.3 is 0 Å². The number of hydrogen-bond donors (Lipinski definition) is 0. The van der Waals surface area contributed by atoms with E-state index in [1.807, 2.05) is 0 Å². The number of hydrogen-bond acceptors (Lipinski definition) is 0. The van der Waals surface area contributed by atoms with Crippen molar-refractivity contribution in [3.05, 3.63) is 156 Å². The van der Waals surface area contributed by atoms with Crippen LogP contribution in [0.5, 0.6) is 0 Å². The van der Waals surface area contributed by atoms with Crippen LogP contribution >= 0.6 is 0 Å². The average molecular weight is 667 g/mol. The Labute approximate surface area is 300 Å². The lowest BCUT2D eigenvalue weighted by Gasteiger charge is -2.32. The SMILES string of the molecule is CC(C)c1cc(-c2ccccc2)cc(C(C)C)c1-n1cc[n+]2c1-c1ccccc1[C@H]2C(C)(C)c1cccc2c3ccccc3n3cc[n+](C)c3c12. The summed E-state index contributed by atoms with van der Waals surface area (Å²) in [7, 11) is 2.17. The smallest absolute Gasteiger partial charge is 0.232 e. The van der Waals surface area contributed by atoms with E-state index in [4.69, 9.17) is 0 Å². The Kier molecular flexibility index (Phi) is 7.12. The van der Waals surface area contributed by atoms with Crippen molar-refractivity contribution in [2.75, 3.05) is 0 Å². The molecule has 0 amide bonds.